The Morgan fingerprint density at radius 1 is 0.405 bits per heavy atom. The zero-order valence-electron chi connectivity index (χ0n) is 51.4. The molecule has 0 atom stereocenters. The molecule has 2 aliphatic carbocycles. The van der Waals surface area contributed by atoms with Crippen LogP contribution in [0.2, 0.25) is 0 Å². The first kappa shape index (κ1) is 53.6. The van der Waals surface area contributed by atoms with Crippen LogP contribution in [-0.2, 0) is 43.3 Å². The van der Waals surface area contributed by atoms with Crippen LogP contribution >= 0.6 is 11.3 Å². The molecule has 0 unspecified atom stereocenters. The number of nitrogens with zero attached hydrogens (tertiary/aromatic N) is 3. The molecule has 0 fully saturated rings. The van der Waals surface area contributed by atoms with E-state index in [1.54, 1.807) is 0 Å². The predicted molar refractivity (Wildman–Crippen MR) is 347 cm³/mol. The van der Waals surface area contributed by atoms with Crippen LogP contribution in [0.5, 0.6) is 0 Å². The van der Waals surface area contributed by atoms with Gasteiger partial charge in [-0.2, -0.15) is 0 Å². The lowest BCUT2D eigenvalue weighted by Crippen LogP contribution is -2.60. The van der Waals surface area contributed by atoms with Gasteiger partial charge in [0.1, 0.15) is 0 Å². The second-order valence-electron chi connectivity index (χ2n) is 31.1. The van der Waals surface area contributed by atoms with Crippen LogP contribution < -0.4 is 30.4 Å². The van der Waals surface area contributed by atoms with E-state index in [-0.39, 0.29) is 50.0 Å². The number of thiophene rings is 1. The molecule has 4 aliphatic rings. The minimum absolute atomic E-state index is 0.00372. The van der Waals surface area contributed by atoms with Gasteiger partial charge in [0, 0.05) is 54.7 Å². The van der Waals surface area contributed by atoms with E-state index in [1.165, 1.54) is 116 Å². The van der Waals surface area contributed by atoms with Crippen molar-refractivity contribution in [3.8, 4) is 0 Å². The van der Waals surface area contributed by atoms with E-state index < -0.39 is 0 Å². The molecule has 79 heavy (non-hydrogen) atoms. The van der Waals surface area contributed by atoms with Crippen molar-refractivity contribution in [2.24, 2.45) is 0 Å². The Hall–Kier alpha value is -6.04. The summed E-state index contributed by atoms with van der Waals surface area (Å²) >= 11 is 2.00. The Balaban J connectivity index is 1.24. The second kappa shape index (κ2) is 17.2. The minimum Gasteiger partial charge on any atom is -0.311 e. The average molecular weight is 1060 g/mol. The molecule has 8 aromatic rings. The molecule has 0 radical (unpaired) electrons. The maximum Gasteiger partial charge on any atom is 0.264 e. The fraction of sp³-hybridized carbons (Fsp3) is 0.405. The zero-order chi connectivity index (χ0) is 56.7. The number of hydrogen-bond acceptors (Lipinski definition) is 4. The van der Waals surface area contributed by atoms with Gasteiger partial charge in [-0.1, -0.05) is 193 Å². The van der Waals surface area contributed by atoms with Crippen LogP contribution in [0.3, 0.4) is 0 Å². The highest BCUT2D eigenvalue weighted by atomic mass is 32.1. The molecule has 3 nitrogen and oxygen atoms in total. The van der Waals surface area contributed by atoms with Gasteiger partial charge in [-0.15, -0.1) is 11.3 Å². The Morgan fingerprint density at radius 3 is 1.30 bits per heavy atom. The molecule has 0 amide bonds. The van der Waals surface area contributed by atoms with Gasteiger partial charge >= 0.3 is 0 Å². The van der Waals surface area contributed by atoms with Crippen LogP contribution in [-0.4, -0.2) is 6.71 Å². The maximum absolute atomic E-state index is 2.69. The molecule has 5 heteroatoms. The van der Waals surface area contributed by atoms with E-state index in [0.717, 1.165) is 18.5 Å². The monoisotopic (exact) mass is 1060 g/mol. The molecule has 7 aromatic carbocycles. The molecule has 2 aliphatic heterocycles. The third-order valence-electron chi connectivity index (χ3n) is 18.8. The van der Waals surface area contributed by atoms with Gasteiger partial charge in [0.05, 0.1) is 11.4 Å². The molecule has 12 rings (SSSR count). The van der Waals surface area contributed by atoms with Gasteiger partial charge in [-0.25, -0.2) is 0 Å². The minimum atomic E-state index is -0.0545. The third-order valence-corrected chi connectivity index (χ3v) is 20.0. The first-order valence-corrected chi connectivity index (χ1v) is 30.3. The highest BCUT2D eigenvalue weighted by molar-refractivity contribution is 7.33. The fourth-order valence-corrected chi connectivity index (χ4v) is 16.3. The molecule has 3 heterocycles. The Morgan fingerprint density at radius 2 is 0.823 bits per heavy atom. The fourth-order valence-electron chi connectivity index (χ4n) is 15.0. The molecule has 406 valence electrons. The zero-order valence-corrected chi connectivity index (χ0v) is 52.3. The van der Waals surface area contributed by atoms with Gasteiger partial charge in [0.25, 0.3) is 6.71 Å². The Labute approximate surface area is 479 Å². The summed E-state index contributed by atoms with van der Waals surface area (Å²) in [6, 6.07) is 54.0. The van der Waals surface area contributed by atoms with Gasteiger partial charge in [0.2, 0.25) is 0 Å². The van der Waals surface area contributed by atoms with Crippen LogP contribution in [0.25, 0.3) is 10.1 Å². The summed E-state index contributed by atoms with van der Waals surface area (Å²) in [5.74, 6) is 0. The van der Waals surface area contributed by atoms with E-state index in [1.807, 2.05) is 11.3 Å². The first-order chi connectivity index (χ1) is 36.6. The number of anilines is 9. The largest absolute Gasteiger partial charge is 0.311 e. The van der Waals surface area contributed by atoms with Crippen molar-refractivity contribution < 1.29 is 0 Å². The van der Waals surface area contributed by atoms with E-state index in [0.29, 0.717) is 0 Å². The van der Waals surface area contributed by atoms with Gasteiger partial charge in [-0.3, -0.25) is 0 Å². The third kappa shape index (κ3) is 8.64. The lowest BCUT2D eigenvalue weighted by atomic mass is 9.36. The van der Waals surface area contributed by atoms with Crippen molar-refractivity contribution in [2.45, 2.75) is 195 Å². The van der Waals surface area contributed by atoms with Crippen molar-refractivity contribution in [1.29, 1.82) is 0 Å². The summed E-state index contributed by atoms with van der Waals surface area (Å²) in [4.78, 5) is 7.95. The molecule has 0 spiro atoms. The van der Waals surface area contributed by atoms with Crippen molar-refractivity contribution >= 4 is 95.0 Å². The molecule has 0 saturated carbocycles. The van der Waals surface area contributed by atoms with E-state index in [2.05, 4.69) is 287 Å². The normalized spacial score (nSPS) is 17.6. The number of fused-ring (bicyclic) bond motifs is 8. The van der Waals surface area contributed by atoms with E-state index in [4.69, 9.17) is 0 Å². The first-order valence-electron chi connectivity index (χ1n) is 29.5. The van der Waals surface area contributed by atoms with Gasteiger partial charge in [0.15, 0.2) is 0 Å². The highest BCUT2D eigenvalue weighted by Gasteiger charge is 2.48. The quantitative estimate of drug-likeness (QED) is 0.159. The highest BCUT2D eigenvalue weighted by Crippen LogP contribution is 2.56. The molecule has 0 N–H and O–H groups in total. The number of hydrogen-bond donors (Lipinski definition) is 0. The average Bonchev–Trinajstić information content (AvgIpc) is 3.98. The second-order valence-corrected chi connectivity index (χ2v) is 32.2. The molecular weight excluding hydrogens is 974 g/mol. The summed E-state index contributed by atoms with van der Waals surface area (Å²) in [7, 11) is 0. The molecule has 1 aromatic heterocycles. The molecule has 0 saturated heterocycles. The van der Waals surface area contributed by atoms with Crippen molar-refractivity contribution in [1.82, 2.24) is 0 Å². The summed E-state index contributed by atoms with van der Waals surface area (Å²) in [5.41, 5.74) is 24.9. The van der Waals surface area contributed by atoms with Gasteiger partial charge < -0.3 is 14.7 Å². The molecule has 0 bridgehead atoms. The van der Waals surface area contributed by atoms with Crippen LogP contribution in [0.1, 0.15) is 196 Å². The molecular formula is C74H86BN3S. The summed E-state index contributed by atoms with van der Waals surface area (Å²) in [6.45, 7) is 47.7. The lowest BCUT2D eigenvalue weighted by molar-refractivity contribution is 0.403. The number of benzene rings is 7. The van der Waals surface area contributed by atoms with Crippen molar-refractivity contribution in [3.05, 3.63) is 178 Å². The summed E-state index contributed by atoms with van der Waals surface area (Å²) in [5, 5.41) is 1.32. The van der Waals surface area contributed by atoms with E-state index >= 15 is 0 Å². The Kier molecular flexibility index (Phi) is 11.7. The van der Waals surface area contributed by atoms with Gasteiger partial charge in [-0.05, 0) is 190 Å². The predicted octanol–water partition coefficient (Wildman–Crippen LogP) is 19.6. The lowest BCUT2D eigenvalue weighted by Gasteiger charge is -2.44. The van der Waals surface area contributed by atoms with Crippen LogP contribution in [0, 0.1) is 0 Å². The standard InChI is InChI=1S/C74H86BN3S/c1-67(2,3)45-21-27-49(28-22-45)77-60-35-25-48(70(10,11)12)38-59(60)75-64-61(77)41-53(42-62(64)78(50-29-23-46(24-30-50)68(4,5)6)65-54-37-47(69(7,8)9)26-36-63(54)79-66(65)75)76(51-31-33-55-57(39-51)73(17,18)43-71(55,13)14)52-32-34-56-58(40-52)74(19,20)44-72(56,15)16/h21-42H,43-44H2,1-20H3. The van der Waals surface area contributed by atoms with E-state index in [9.17, 15) is 0 Å². The summed E-state index contributed by atoms with van der Waals surface area (Å²) in [6.07, 6.45) is 2.23. The Bertz CT molecular complexity index is 3700. The van der Waals surface area contributed by atoms with Crippen LogP contribution in [0.15, 0.2) is 133 Å². The number of rotatable bonds is 5. The van der Waals surface area contributed by atoms with Crippen molar-refractivity contribution in [2.75, 3.05) is 14.7 Å². The summed E-state index contributed by atoms with van der Waals surface area (Å²) < 4.78 is 2.73. The smallest absolute Gasteiger partial charge is 0.264 e. The van der Waals surface area contributed by atoms with Crippen LogP contribution in [0.4, 0.5) is 51.2 Å². The SMILES string of the molecule is CC(C)(C)c1ccc(N2c3ccc(C(C)(C)C)cc3B3c4sc5ccc(C(C)(C)C)cc5c4N(c4ccc(C(C)(C)C)cc4)c4cc(N(c5ccc6c(c5)C(C)(C)CC6(C)C)c5ccc6c(c5)C(C)(C)CC6(C)C)cc2c43)cc1. The maximum atomic E-state index is 2.69. The topological polar surface area (TPSA) is 9.72 Å². The van der Waals surface area contributed by atoms with Crippen molar-refractivity contribution in [3.63, 3.8) is 0 Å².